The number of H-pyrrole nitrogens is 1. The number of carbonyl (C=O) groups excluding carboxylic acids is 3. The molecule has 11 heteroatoms. The summed E-state index contributed by atoms with van der Waals surface area (Å²) in [6, 6.07) is 4.88. The van der Waals surface area contributed by atoms with Crippen molar-refractivity contribution >= 4 is 40.8 Å². The lowest BCUT2D eigenvalue weighted by Gasteiger charge is -2.14. The number of ether oxygens (including phenoxy) is 2. The zero-order valence-electron chi connectivity index (χ0n) is 29.7. The van der Waals surface area contributed by atoms with Gasteiger partial charge in [0.1, 0.15) is 10.8 Å². The summed E-state index contributed by atoms with van der Waals surface area (Å²) in [5.41, 5.74) is 1.87. The highest BCUT2D eigenvalue weighted by Gasteiger charge is 2.26. The van der Waals surface area contributed by atoms with E-state index in [1.54, 1.807) is 12.1 Å². The Morgan fingerprint density at radius 2 is 1.44 bits per heavy atom. The standard InChI is InChI=1S/C37H56ClN5O5/c1-6-7-8-9-10-11-12-13-14-15-16-17-18-19-20-25-47-32(46)24-23-31(45)39-28-21-22-29(30(26-28)48-27(2)44)35-40-36-33(38)34(37(3,4)5)41-43(36)42-35/h21-22,26H,6-20,23-25H2,1-5H3,(H,39,45)(H,40,42). The van der Waals surface area contributed by atoms with E-state index in [1.165, 1.54) is 94.7 Å². The van der Waals surface area contributed by atoms with Gasteiger partial charge in [-0.3, -0.25) is 14.4 Å². The highest BCUT2D eigenvalue weighted by Crippen LogP contribution is 2.35. The van der Waals surface area contributed by atoms with Gasteiger partial charge in [-0.2, -0.15) is 5.10 Å². The van der Waals surface area contributed by atoms with Crippen LogP contribution in [-0.2, 0) is 24.5 Å². The second-order valence-corrected chi connectivity index (χ2v) is 14.1. The second-order valence-electron chi connectivity index (χ2n) is 13.7. The van der Waals surface area contributed by atoms with Crippen LogP contribution in [0.3, 0.4) is 0 Å². The van der Waals surface area contributed by atoms with Gasteiger partial charge in [0.15, 0.2) is 11.5 Å². The predicted octanol–water partition coefficient (Wildman–Crippen LogP) is 9.73. The number of rotatable bonds is 22. The third kappa shape index (κ3) is 13.2. The average molecular weight is 686 g/mol. The summed E-state index contributed by atoms with van der Waals surface area (Å²) in [7, 11) is 0. The lowest BCUT2D eigenvalue weighted by atomic mass is 9.92. The Balaban J connectivity index is 1.33. The van der Waals surface area contributed by atoms with Gasteiger partial charge in [-0.25, -0.2) is 0 Å². The molecule has 0 aliphatic rings. The van der Waals surface area contributed by atoms with Crippen LogP contribution in [0.15, 0.2) is 18.2 Å². The van der Waals surface area contributed by atoms with Crippen molar-refractivity contribution in [1.29, 1.82) is 0 Å². The number of halogens is 1. The lowest BCUT2D eigenvalue weighted by Crippen LogP contribution is -2.15. The number of hydrogen-bond donors (Lipinski definition) is 2. The number of carbonyl (C=O) groups is 3. The molecule has 0 atom stereocenters. The molecule has 2 N–H and O–H groups in total. The fourth-order valence-corrected chi connectivity index (χ4v) is 6.05. The Bertz CT molecular complexity index is 1460. The molecule has 1 amide bonds. The number of hydrogen-bond acceptors (Lipinski definition) is 7. The fourth-order valence-electron chi connectivity index (χ4n) is 5.60. The molecule has 0 fully saturated rings. The van der Waals surface area contributed by atoms with E-state index in [2.05, 4.69) is 27.4 Å². The smallest absolute Gasteiger partial charge is 0.308 e. The molecule has 2 aromatic heterocycles. The summed E-state index contributed by atoms with van der Waals surface area (Å²) in [6.07, 6.45) is 19.2. The van der Waals surface area contributed by atoms with Crippen LogP contribution in [0.25, 0.3) is 17.0 Å². The van der Waals surface area contributed by atoms with Gasteiger partial charge >= 0.3 is 11.9 Å². The summed E-state index contributed by atoms with van der Waals surface area (Å²) in [5, 5.41) is 12.2. The zero-order chi connectivity index (χ0) is 34.9. The number of nitrogens with zero attached hydrogens (tertiary/aromatic N) is 3. The molecule has 0 aliphatic carbocycles. The quantitative estimate of drug-likeness (QED) is 0.0612. The van der Waals surface area contributed by atoms with Gasteiger partial charge < -0.3 is 19.8 Å². The Labute approximate surface area is 291 Å². The van der Waals surface area contributed by atoms with Crippen molar-refractivity contribution in [3.05, 3.63) is 28.9 Å². The molecule has 10 nitrogen and oxygen atoms in total. The van der Waals surface area contributed by atoms with Crippen LogP contribution in [0, 0.1) is 0 Å². The van der Waals surface area contributed by atoms with Crippen molar-refractivity contribution in [2.24, 2.45) is 0 Å². The monoisotopic (exact) mass is 685 g/mol. The van der Waals surface area contributed by atoms with Crippen LogP contribution < -0.4 is 10.1 Å². The summed E-state index contributed by atoms with van der Waals surface area (Å²) >= 11 is 6.57. The van der Waals surface area contributed by atoms with E-state index >= 15 is 0 Å². The lowest BCUT2D eigenvalue weighted by molar-refractivity contribution is -0.144. The van der Waals surface area contributed by atoms with Crippen LogP contribution in [0.2, 0.25) is 5.02 Å². The highest BCUT2D eigenvalue weighted by atomic mass is 35.5. The van der Waals surface area contributed by atoms with Gasteiger partial charge in [-0.05, 0) is 18.6 Å². The number of anilines is 1. The molecule has 2 heterocycles. The van der Waals surface area contributed by atoms with Crippen molar-refractivity contribution in [3.63, 3.8) is 0 Å². The first-order valence-corrected chi connectivity index (χ1v) is 18.3. The van der Waals surface area contributed by atoms with Crippen LogP contribution in [0.4, 0.5) is 5.69 Å². The fraction of sp³-hybridized carbons (Fsp3) is 0.649. The molecule has 0 unspecified atom stereocenters. The molecule has 48 heavy (non-hydrogen) atoms. The largest absolute Gasteiger partial charge is 0.466 e. The summed E-state index contributed by atoms with van der Waals surface area (Å²) in [6.45, 7) is 9.97. The molecule has 0 saturated carbocycles. The minimum atomic E-state index is -0.527. The maximum atomic E-state index is 12.6. The average Bonchev–Trinajstić information content (AvgIpc) is 3.58. The molecule has 0 spiro atoms. The van der Waals surface area contributed by atoms with E-state index < -0.39 is 5.97 Å². The number of benzene rings is 1. The van der Waals surface area contributed by atoms with Crippen molar-refractivity contribution in [2.45, 2.75) is 149 Å². The molecule has 3 aromatic rings. The van der Waals surface area contributed by atoms with E-state index in [9.17, 15) is 14.4 Å². The molecule has 0 aliphatic heterocycles. The van der Waals surface area contributed by atoms with E-state index in [1.807, 2.05) is 20.8 Å². The van der Waals surface area contributed by atoms with Crippen molar-refractivity contribution < 1.29 is 23.9 Å². The van der Waals surface area contributed by atoms with Crippen LogP contribution >= 0.6 is 11.6 Å². The summed E-state index contributed by atoms with van der Waals surface area (Å²) in [4.78, 5) is 39.8. The number of aromatic amines is 1. The highest BCUT2D eigenvalue weighted by molar-refractivity contribution is 6.34. The third-order valence-corrected chi connectivity index (χ3v) is 8.65. The van der Waals surface area contributed by atoms with E-state index in [0.29, 0.717) is 40.0 Å². The predicted molar refractivity (Wildman–Crippen MR) is 192 cm³/mol. The second kappa shape index (κ2) is 20.2. The van der Waals surface area contributed by atoms with Gasteiger partial charge in [0.25, 0.3) is 0 Å². The van der Waals surface area contributed by atoms with Crippen molar-refractivity contribution in [1.82, 2.24) is 19.8 Å². The molecule has 266 valence electrons. The molecular formula is C37H56ClN5O5. The van der Waals surface area contributed by atoms with Crippen molar-refractivity contribution in [3.8, 4) is 17.1 Å². The third-order valence-electron chi connectivity index (χ3n) is 8.29. The number of fused-ring (bicyclic) bond motifs is 1. The molecule has 0 radical (unpaired) electrons. The van der Waals surface area contributed by atoms with Crippen LogP contribution in [0.5, 0.6) is 5.75 Å². The first kappa shape index (κ1) is 39.0. The zero-order valence-corrected chi connectivity index (χ0v) is 30.5. The van der Waals surface area contributed by atoms with Gasteiger partial charge in [0, 0.05) is 30.5 Å². The first-order valence-electron chi connectivity index (χ1n) is 17.9. The number of esters is 2. The molecular weight excluding hydrogens is 630 g/mol. The van der Waals surface area contributed by atoms with Crippen molar-refractivity contribution in [2.75, 3.05) is 11.9 Å². The van der Waals surface area contributed by atoms with Crippen LogP contribution in [-0.4, -0.2) is 44.3 Å². The van der Waals surface area contributed by atoms with Crippen LogP contribution in [0.1, 0.15) is 149 Å². The summed E-state index contributed by atoms with van der Waals surface area (Å²) < 4.78 is 12.2. The minimum absolute atomic E-state index is 0.0109. The minimum Gasteiger partial charge on any atom is -0.466 e. The molecule has 3 rings (SSSR count). The van der Waals surface area contributed by atoms with Gasteiger partial charge in [-0.15, -0.1) is 9.73 Å². The molecule has 1 aromatic carbocycles. The Hall–Kier alpha value is -3.40. The maximum Gasteiger partial charge on any atom is 0.308 e. The Morgan fingerprint density at radius 3 is 1.98 bits per heavy atom. The first-order chi connectivity index (χ1) is 23.0. The van der Waals surface area contributed by atoms with Gasteiger partial charge in [0.05, 0.1) is 24.3 Å². The molecule has 0 saturated heterocycles. The Morgan fingerprint density at radius 1 is 0.854 bits per heavy atom. The van der Waals surface area contributed by atoms with E-state index in [-0.39, 0.29) is 35.9 Å². The molecule has 0 bridgehead atoms. The number of nitrogens with one attached hydrogen (secondary N) is 2. The number of unbranched alkanes of at least 4 members (excludes halogenated alkanes) is 14. The van der Waals surface area contributed by atoms with Gasteiger partial charge in [-0.1, -0.05) is 129 Å². The normalized spacial score (nSPS) is 11.6. The summed E-state index contributed by atoms with van der Waals surface area (Å²) in [5.74, 6) is -0.667. The SMILES string of the molecule is CCCCCCCCCCCCCCCCCOC(=O)CCC(=O)Nc1ccc(-c2nn3nc(C(C)(C)C)c(Cl)c3[nH]2)c(OC(C)=O)c1. The van der Waals surface area contributed by atoms with E-state index in [0.717, 1.165) is 19.3 Å². The van der Waals surface area contributed by atoms with E-state index in [4.69, 9.17) is 21.1 Å². The Kier molecular flexibility index (Phi) is 16.4. The number of amides is 1. The maximum absolute atomic E-state index is 12.6. The number of aromatic nitrogens is 4. The topological polar surface area (TPSA) is 128 Å². The van der Waals surface area contributed by atoms with Gasteiger partial charge in [0.2, 0.25) is 5.91 Å².